The number of hydrogen-bond donors (Lipinski definition) is 6. The Labute approximate surface area is 196 Å². The molecule has 0 aliphatic heterocycles. The number of thioether (sulfide) groups is 1. The highest BCUT2D eigenvalue weighted by Crippen LogP contribution is 2.19. The van der Waals surface area contributed by atoms with Crippen LogP contribution in [0.2, 0.25) is 0 Å². The number of carbonyl (C=O) groups excluding carboxylic acids is 3. The summed E-state index contributed by atoms with van der Waals surface area (Å²) in [5, 5.41) is 17.8. The van der Waals surface area contributed by atoms with E-state index in [1.54, 1.807) is 6.20 Å². The largest absolute Gasteiger partial charge is 0.480 e. The molecule has 4 unspecified atom stereocenters. The first-order valence-electron chi connectivity index (χ1n) is 10.6. The zero-order valence-electron chi connectivity index (χ0n) is 18.9. The van der Waals surface area contributed by atoms with Crippen LogP contribution in [0.1, 0.15) is 25.8 Å². The van der Waals surface area contributed by atoms with Gasteiger partial charge in [0.25, 0.3) is 0 Å². The molecule has 0 radical (unpaired) electrons. The van der Waals surface area contributed by atoms with Crippen molar-refractivity contribution in [2.24, 2.45) is 5.73 Å². The van der Waals surface area contributed by atoms with Gasteiger partial charge in [-0.25, -0.2) is 0 Å². The van der Waals surface area contributed by atoms with E-state index in [2.05, 4.69) is 20.9 Å². The molecule has 3 amide bonds. The number of aliphatic carboxylic acids is 1. The third kappa shape index (κ3) is 7.50. The molecule has 0 aliphatic carbocycles. The molecule has 33 heavy (non-hydrogen) atoms. The maximum atomic E-state index is 13.1. The number of nitrogens with two attached hydrogens (primary N) is 1. The minimum absolute atomic E-state index is 0.129. The molecule has 0 fully saturated rings. The van der Waals surface area contributed by atoms with Gasteiger partial charge in [0.1, 0.15) is 18.1 Å². The number of aromatic amines is 1. The van der Waals surface area contributed by atoms with E-state index in [-0.39, 0.29) is 6.42 Å². The fourth-order valence-electron chi connectivity index (χ4n) is 3.19. The van der Waals surface area contributed by atoms with Gasteiger partial charge >= 0.3 is 5.97 Å². The van der Waals surface area contributed by atoms with E-state index < -0.39 is 47.9 Å². The molecule has 2 aromatic rings. The average molecular weight is 478 g/mol. The van der Waals surface area contributed by atoms with E-state index in [4.69, 9.17) is 10.8 Å². The zero-order chi connectivity index (χ0) is 24.5. The van der Waals surface area contributed by atoms with E-state index in [9.17, 15) is 19.2 Å². The molecule has 0 bridgehead atoms. The highest BCUT2D eigenvalue weighted by atomic mass is 32.2. The quantitative estimate of drug-likeness (QED) is 0.257. The molecule has 0 saturated heterocycles. The van der Waals surface area contributed by atoms with Crippen molar-refractivity contribution in [2.75, 3.05) is 12.0 Å². The molecule has 7 N–H and O–H groups in total. The number of benzene rings is 1. The summed E-state index contributed by atoms with van der Waals surface area (Å²) in [5.74, 6) is -2.24. The van der Waals surface area contributed by atoms with Gasteiger partial charge in [-0.05, 0) is 43.9 Å². The second-order valence-electron chi connectivity index (χ2n) is 7.82. The van der Waals surface area contributed by atoms with Crippen LogP contribution >= 0.6 is 11.8 Å². The van der Waals surface area contributed by atoms with Crippen LogP contribution in [0.15, 0.2) is 30.5 Å². The molecule has 2 rings (SSSR count). The van der Waals surface area contributed by atoms with Crippen LogP contribution in [-0.2, 0) is 25.6 Å². The highest BCUT2D eigenvalue weighted by molar-refractivity contribution is 7.98. The fourth-order valence-corrected chi connectivity index (χ4v) is 3.66. The van der Waals surface area contributed by atoms with Crippen LogP contribution in [0.3, 0.4) is 0 Å². The Kier molecular flexibility index (Phi) is 9.74. The minimum atomic E-state index is -1.19. The maximum Gasteiger partial charge on any atom is 0.325 e. The molecular weight excluding hydrogens is 446 g/mol. The van der Waals surface area contributed by atoms with Gasteiger partial charge in [0, 0.05) is 23.5 Å². The van der Waals surface area contributed by atoms with Crippen molar-refractivity contribution in [3.8, 4) is 0 Å². The van der Waals surface area contributed by atoms with Crippen LogP contribution in [0.5, 0.6) is 0 Å². The predicted molar refractivity (Wildman–Crippen MR) is 128 cm³/mol. The van der Waals surface area contributed by atoms with Crippen molar-refractivity contribution >= 4 is 46.4 Å². The SMILES string of the molecule is CSCCC(NC(=O)C(C)N)C(=O)NC(Cc1c[nH]c2ccccc12)C(=O)NC(C)C(=O)O. The molecule has 1 aromatic carbocycles. The second-order valence-corrected chi connectivity index (χ2v) is 8.81. The van der Waals surface area contributed by atoms with Gasteiger partial charge in [-0.3, -0.25) is 19.2 Å². The van der Waals surface area contributed by atoms with E-state index in [1.807, 2.05) is 30.5 Å². The Bertz CT molecular complexity index is 992. The molecule has 180 valence electrons. The third-order valence-electron chi connectivity index (χ3n) is 5.12. The van der Waals surface area contributed by atoms with Crippen molar-refractivity contribution < 1.29 is 24.3 Å². The number of hydrogen-bond acceptors (Lipinski definition) is 6. The van der Waals surface area contributed by atoms with Gasteiger partial charge in [-0.15, -0.1) is 0 Å². The number of amides is 3. The van der Waals surface area contributed by atoms with Crippen molar-refractivity contribution in [1.82, 2.24) is 20.9 Å². The van der Waals surface area contributed by atoms with Crippen molar-refractivity contribution in [2.45, 2.75) is 50.9 Å². The summed E-state index contributed by atoms with van der Waals surface area (Å²) in [7, 11) is 0. The summed E-state index contributed by atoms with van der Waals surface area (Å²) < 4.78 is 0. The number of fused-ring (bicyclic) bond motifs is 1. The number of H-pyrrole nitrogens is 1. The van der Waals surface area contributed by atoms with Crippen LogP contribution in [0, 0.1) is 0 Å². The van der Waals surface area contributed by atoms with Gasteiger partial charge < -0.3 is 31.8 Å². The number of carbonyl (C=O) groups is 4. The summed E-state index contributed by atoms with van der Waals surface area (Å²) in [6.45, 7) is 2.86. The van der Waals surface area contributed by atoms with Crippen LogP contribution in [-0.4, -0.2) is 70.0 Å². The maximum absolute atomic E-state index is 13.1. The first-order chi connectivity index (χ1) is 15.6. The summed E-state index contributed by atoms with van der Waals surface area (Å²) in [4.78, 5) is 52.4. The second kappa shape index (κ2) is 12.3. The Morgan fingerprint density at radius 3 is 2.30 bits per heavy atom. The Morgan fingerprint density at radius 2 is 1.67 bits per heavy atom. The average Bonchev–Trinajstić information content (AvgIpc) is 3.18. The highest BCUT2D eigenvalue weighted by Gasteiger charge is 2.29. The topological polar surface area (TPSA) is 166 Å². The lowest BCUT2D eigenvalue weighted by Gasteiger charge is -2.24. The van der Waals surface area contributed by atoms with Crippen molar-refractivity contribution in [3.63, 3.8) is 0 Å². The van der Waals surface area contributed by atoms with Crippen LogP contribution in [0.25, 0.3) is 10.9 Å². The number of aromatic nitrogens is 1. The fraction of sp³-hybridized carbons (Fsp3) is 0.455. The molecular formula is C22H31N5O5S. The number of carboxylic acid groups (broad SMARTS) is 1. The zero-order valence-corrected chi connectivity index (χ0v) is 19.7. The van der Waals surface area contributed by atoms with E-state index in [0.717, 1.165) is 16.5 Å². The Hall–Kier alpha value is -3.05. The predicted octanol–water partition coefficient (Wildman–Crippen LogP) is 0.370. The van der Waals surface area contributed by atoms with Crippen molar-refractivity contribution in [3.05, 3.63) is 36.0 Å². The summed E-state index contributed by atoms with van der Waals surface area (Å²) >= 11 is 1.51. The molecule has 1 aromatic heterocycles. The Morgan fingerprint density at radius 1 is 1.03 bits per heavy atom. The summed E-state index contributed by atoms with van der Waals surface area (Å²) in [6, 6.07) is 3.65. The Balaban J connectivity index is 2.26. The van der Waals surface area contributed by atoms with Gasteiger partial charge in [0.05, 0.1) is 6.04 Å². The molecule has 0 aliphatic rings. The number of carboxylic acids is 1. The normalized spacial score (nSPS) is 14.7. The number of rotatable bonds is 12. The first-order valence-corrected chi connectivity index (χ1v) is 12.0. The lowest BCUT2D eigenvalue weighted by atomic mass is 10.0. The van der Waals surface area contributed by atoms with E-state index in [1.165, 1.54) is 25.6 Å². The van der Waals surface area contributed by atoms with Crippen molar-refractivity contribution in [1.29, 1.82) is 0 Å². The molecule has 4 atom stereocenters. The smallest absolute Gasteiger partial charge is 0.325 e. The third-order valence-corrected chi connectivity index (χ3v) is 5.76. The first kappa shape index (κ1) is 26.2. The van der Waals surface area contributed by atoms with Gasteiger partial charge in [0.2, 0.25) is 17.7 Å². The number of para-hydroxylation sites is 1. The van der Waals surface area contributed by atoms with Gasteiger partial charge in [0.15, 0.2) is 0 Å². The lowest BCUT2D eigenvalue weighted by molar-refractivity contribution is -0.141. The van der Waals surface area contributed by atoms with Gasteiger partial charge in [-0.1, -0.05) is 18.2 Å². The molecule has 0 saturated carbocycles. The molecule has 11 heteroatoms. The molecule has 1 heterocycles. The monoisotopic (exact) mass is 477 g/mol. The van der Waals surface area contributed by atoms with Crippen LogP contribution in [0.4, 0.5) is 0 Å². The molecule has 0 spiro atoms. The minimum Gasteiger partial charge on any atom is -0.480 e. The van der Waals surface area contributed by atoms with E-state index in [0.29, 0.717) is 12.2 Å². The van der Waals surface area contributed by atoms with Crippen LogP contribution < -0.4 is 21.7 Å². The summed E-state index contributed by atoms with van der Waals surface area (Å²) in [6.07, 6.45) is 4.10. The summed E-state index contributed by atoms with van der Waals surface area (Å²) in [5.41, 5.74) is 7.28. The standard InChI is InChI=1S/C22H31N5O5S/c1-12(23)19(28)26-17(8-9-33-3)20(29)27-18(21(30)25-13(2)22(31)32)10-14-11-24-16-7-5-4-6-15(14)16/h4-7,11-13,17-18,24H,8-10,23H2,1-3H3,(H,25,30)(H,26,28)(H,27,29)(H,31,32). The molecule has 10 nitrogen and oxygen atoms in total. The number of nitrogens with one attached hydrogen (secondary N) is 4. The van der Waals surface area contributed by atoms with Gasteiger partial charge in [-0.2, -0.15) is 11.8 Å². The van der Waals surface area contributed by atoms with E-state index >= 15 is 0 Å². The lowest BCUT2D eigenvalue weighted by Crippen LogP contribution is -2.57.